The molecule has 0 radical (unpaired) electrons. The molecule has 1 aromatic carbocycles. The number of hydrogen-bond donors (Lipinski definition) is 1. The minimum atomic E-state index is 0.448. The van der Waals surface area contributed by atoms with Crippen LogP contribution in [-0.2, 0) is 24.5 Å². The van der Waals surface area contributed by atoms with Crippen LogP contribution >= 0.6 is 0 Å². The molecule has 0 amide bonds. The summed E-state index contributed by atoms with van der Waals surface area (Å²) in [6.07, 6.45) is 0. The first-order valence-electron chi connectivity index (χ1n) is 6.17. The van der Waals surface area contributed by atoms with Gasteiger partial charge in [-0.15, -0.1) is 0 Å². The first-order chi connectivity index (χ1) is 9.31. The van der Waals surface area contributed by atoms with Crippen LogP contribution in [0.25, 0.3) is 0 Å². The second kappa shape index (κ2) is 6.87. The quantitative estimate of drug-likeness (QED) is 0.863. The summed E-state index contributed by atoms with van der Waals surface area (Å²) in [5.74, 6) is 0.837. The molecule has 19 heavy (non-hydrogen) atoms. The van der Waals surface area contributed by atoms with Crippen LogP contribution in [0.15, 0.2) is 42.5 Å². The maximum Gasteiger partial charge on any atom is 0.119 e. The number of nitrogens with zero attached hydrogens (tertiary/aromatic N) is 1. The molecular weight excluding hydrogens is 240 g/mol. The highest BCUT2D eigenvalue weighted by Crippen LogP contribution is 2.13. The molecule has 0 spiro atoms. The lowest BCUT2D eigenvalue weighted by Gasteiger charge is -2.06. The predicted molar refractivity (Wildman–Crippen MR) is 73.6 cm³/mol. The van der Waals surface area contributed by atoms with Crippen molar-refractivity contribution >= 4 is 0 Å². The molecule has 100 valence electrons. The minimum Gasteiger partial charge on any atom is -0.497 e. The van der Waals surface area contributed by atoms with Gasteiger partial charge in [-0.3, -0.25) is 4.98 Å². The molecule has 2 N–H and O–H groups in total. The van der Waals surface area contributed by atoms with Crippen molar-refractivity contribution in [3.63, 3.8) is 0 Å². The van der Waals surface area contributed by atoms with Gasteiger partial charge in [0.25, 0.3) is 0 Å². The lowest BCUT2D eigenvalue weighted by atomic mass is 10.2. The van der Waals surface area contributed by atoms with Crippen LogP contribution in [-0.4, -0.2) is 12.1 Å². The number of rotatable bonds is 6. The Balaban J connectivity index is 1.88. The van der Waals surface area contributed by atoms with Gasteiger partial charge in [-0.05, 0) is 29.8 Å². The molecule has 0 fully saturated rings. The molecule has 4 nitrogen and oxygen atoms in total. The second-order valence-corrected chi connectivity index (χ2v) is 4.17. The lowest BCUT2D eigenvalue weighted by molar-refractivity contribution is 0.104. The van der Waals surface area contributed by atoms with E-state index in [-0.39, 0.29) is 0 Å². The molecule has 2 aromatic rings. The average molecular weight is 258 g/mol. The summed E-state index contributed by atoms with van der Waals surface area (Å²) in [7, 11) is 1.65. The van der Waals surface area contributed by atoms with E-state index in [1.165, 1.54) is 0 Å². The van der Waals surface area contributed by atoms with Gasteiger partial charge in [0.2, 0.25) is 0 Å². The first-order valence-corrected chi connectivity index (χ1v) is 6.17. The second-order valence-electron chi connectivity index (χ2n) is 4.17. The number of pyridine rings is 1. The van der Waals surface area contributed by atoms with Gasteiger partial charge in [0.05, 0.1) is 31.7 Å². The zero-order valence-corrected chi connectivity index (χ0v) is 11.0. The van der Waals surface area contributed by atoms with Crippen LogP contribution in [0.4, 0.5) is 0 Å². The van der Waals surface area contributed by atoms with E-state index in [4.69, 9.17) is 15.2 Å². The van der Waals surface area contributed by atoms with Crippen LogP contribution in [0.2, 0.25) is 0 Å². The normalized spacial score (nSPS) is 10.4. The van der Waals surface area contributed by atoms with Gasteiger partial charge in [-0.2, -0.15) is 0 Å². The van der Waals surface area contributed by atoms with Gasteiger partial charge in [-0.25, -0.2) is 0 Å². The smallest absolute Gasteiger partial charge is 0.119 e. The maximum atomic E-state index is 5.65. The van der Waals surface area contributed by atoms with E-state index in [0.717, 1.165) is 22.7 Å². The fourth-order valence-corrected chi connectivity index (χ4v) is 1.76. The van der Waals surface area contributed by atoms with E-state index in [1.807, 2.05) is 42.5 Å². The Labute approximate surface area is 113 Å². The Morgan fingerprint density at radius 2 is 1.84 bits per heavy atom. The van der Waals surface area contributed by atoms with Crippen LogP contribution < -0.4 is 10.5 Å². The third-order valence-electron chi connectivity index (χ3n) is 2.73. The molecule has 0 atom stereocenters. The van der Waals surface area contributed by atoms with Gasteiger partial charge in [0.15, 0.2) is 0 Å². The first kappa shape index (κ1) is 13.5. The zero-order chi connectivity index (χ0) is 13.5. The SMILES string of the molecule is COc1cccc(COCc2cccc(CN)n2)c1. The summed E-state index contributed by atoms with van der Waals surface area (Å²) in [4.78, 5) is 4.38. The Bertz CT molecular complexity index is 482. The van der Waals surface area contributed by atoms with E-state index in [9.17, 15) is 0 Å². The molecule has 0 saturated carbocycles. The largest absolute Gasteiger partial charge is 0.497 e. The standard InChI is InChI=1S/C15H18N2O2/c1-18-15-7-2-4-12(8-15)10-19-11-14-6-3-5-13(9-16)17-14/h2-8H,9-11,16H2,1H3. The Morgan fingerprint density at radius 1 is 1.05 bits per heavy atom. The van der Waals surface area contributed by atoms with Crippen molar-refractivity contribution in [3.8, 4) is 5.75 Å². The van der Waals surface area contributed by atoms with Crippen LogP contribution in [0, 0.1) is 0 Å². The van der Waals surface area contributed by atoms with Crippen molar-refractivity contribution in [3.05, 3.63) is 59.4 Å². The van der Waals surface area contributed by atoms with Crippen molar-refractivity contribution in [2.45, 2.75) is 19.8 Å². The highest BCUT2D eigenvalue weighted by Gasteiger charge is 1.99. The number of hydrogen-bond acceptors (Lipinski definition) is 4. The lowest BCUT2D eigenvalue weighted by Crippen LogP contribution is -2.03. The number of ether oxygens (including phenoxy) is 2. The van der Waals surface area contributed by atoms with E-state index < -0.39 is 0 Å². The summed E-state index contributed by atoms with van der Waals surface area (Å²) in [6, 6.07) is 13.6. The third kappa shape index (κ3) is 4.05. The summed E-state index contributed by atoms with van der Waals surface area (Å²) >= 11 is 0. The van der Waals surface area contributed by atoms with Crippen molar-refractivity contribution in [2.24, 2.45) is 5.73 Å². The average Bonchev–Trinajstić information content (AvgIpc) is 2.48. The Hall–Kier alpha value is -1.91. The minimum absolute atomic E-state index is 0.448. The van der Waals surface area contributed by atoms with Crippen molar-refractivity contribution in [2.75, 3.05) is 7.11 Å². The maximum absolute atomic E-state index is 5.65. The van der Waals surface area contributed by atoms with Gasteiger partial charge in [0.1, 0.15) is 5.75 Å². The van der Waals surface area contributed by atoms with Crippen LogP contribution in [0.3, 0.4) is 0 Å². The predicted octanol–water partition coefficient (Wildman–Crippen LogP) is 2.27. The Kier molecular flexibility index (Phi) is 4.89. The van der Waals surface area contributed by atoms with E-state index in [0.29, 0.717) is 19.8 Å². The number of aromatic nitrogens is 1. The highest BCUT2D eigenvalue weighted by atomic mass is 16.5. The summed E-state index contributed by atoms with van der Waals surface area (Å²) in [6.45, 7) is 1.46. The molecule has 0 saturated heterocycles. The highest BCUT2D eigenvalue weighted by molar-refractivity contribution is 5.27. The van der Waals surface area contributed by atoms with Gasteiger partial charge < -0.3 is 15.2 Å². The molecule has 0 aliphatic heterocycles. The summed E-state index contributed by atoms with van der Waals surface area (Å²) < 4.78 is 10.8. The molecule has 2 rings (SSSR count). The van der Waals surface area contributed by atoms with Crippen molar-refractivity contribution < 1.29 is 9.47 Å². The monoisotopic (exact) mass is 258 g/mol. The fourth-order valence-electron chi connectivity index (χ4n) is 1.76. The summed E-state index contributed by atoms with van der Waals surface area (Å²) in [5.41, 5.74) is 8.40. The van der Waals surface area contributed by atoms with Crippen molar-refractivity contribution in [1.29, 1.82) is 0 Å². The van der Waals surface area contributed by atoms with Gasteiger partial charge >= 0.3 is 0 Å². The number of benzene rings is 1. The summed E-state index contributed by atoms with van der Waals surface area (Å²) in [5, 5.41) is 0. The van der Waals surface area contributed by atoms with E-state index in [1.54, 1.807) is 7.11 Å². The molecule has 1 heterocycles. The van der Waals surface area contributed by atoms with E-state index >= 15 is 0 Å². The van der Waals surface area contributed by atoms with Gasteiger partial charge in [0, 0.05) is 6.54 Å². The zero-order valence-electron chi connectivity index (χ0n) is 11.0. The molecule has 4 heteroatoms. The van der Waals surface area contributed by atoms with Crippen LogP contribution in [0.5, 0.6) is 5.75 Å². The Morgan fingerprint density at radius 3 is 2.63 bits per heavy atom. The molecule has 0 unspecified atom stereocenters. The van der Waals surface area contributed by atoms with Crippen molar-refractivity contribution in [1.82, 2.24) is 4.98 Å². The molecular formula is C15H18N2O2. The number of nitrogens with two attached hydrogens (primary N) is 1. The van der Waals surface area contributed by atoms with Gasteiger partial charge in [-0.1, -0.05) is 18.2 Å². The molecule has 0 aliphatic rings. The molecule has 0 bridgehead atoms. The number of methoxy groups -OCH3 is 1. The molecule has 1 aromatic heterocycles. The van der Waals surface area contributed by atoms with Crippen LogP contribution in [0.1, 0.15) is 17.0 Å². The topological polar surface area (TPSA) is 57.4 Å². The fraction of sp³-hybridized carbons (Fsp3) is 0.267. The molecule has 0 aliphatic carbocycles. The third-order valence-corrected chi connectivity index (χ3v) is 2.73. The van der Waals surface area contributed by atoms with E-state index in [2.05, 4.69) is 4.98 Å².